The molecule has 0 radical (unpaired) electrons. The molecule has 2 amide bonds. The van der Waals surface area contributed by atoms with Gasteiger partial charge in [0.2, 0.25) is 11.8 Å². The van der Waals surface area contributed by atoms with Crippen molar-refractivity contribution in [3.05, 3.63) is 28.8 Å². The van der Waals surface area contributed by atoms with Gasteiger partial charge in [-0.25, -0.2) is 0 Å². The fourth-order valence-corrected chi connectivity index (χ4v) is 2.21. The molecule has 2 rings (SSSR count). The fourth-order valence-electron chi connectivity index (χ4n) is 1.94. The first-order valence-electron chi connectivity index (χ1n) is 5.79. The molecule has 0 aromatic heterocycles. The third-order valence-corrected chi connectivity index (χ3v) is 3.24. The highest BCUT2D eigenvalue weighted by Crippen LogP contribution is 2.21. The van der Waals surface area contributed by atoms with E-state index in [0.717, 1.165) is 0 Å². The van der Waals surface area contributed by atoms with Gasteiger partial charge in [-0.3, -0.25) is 9.59 Å². The number of benzene rings is 1. The molecule has 5 N–H and O–H groups in total. The van der Waals surface area contributed by atoms with E-state index in [9.17, 15) is 14.7 Å². The number of nitrogens with two attached hydrogens (primary N) is 1. The van der Waals surface area contributed by atoms with Crippen LogP contribution in [0, 0.1) is 0 Å². The minimum atomic E-state index is -0.622. The number of carbonyl (C=O) groups excluding carboxylic acids is 2. The molecular formula is C12H14ClN3O3. The lowest BCUT2D eigenvalue weighted by atomic mass is 10.1. The Morgan fingerprint density at radius 1 is 1.47 bits per heavy atom. The van der Waals surface area contributed by atoms with E-state index in [2.05, 4.69) is 10.6 Å². The molecule has 2 atom stereocenters. The summed E-state index contributed by atoms with van der Waals surface area (Å²) in [4.78, 5) is 22.9. The smallest absolute Gasteiger partial charge is 0.250 e. The van der Waals surface area contributed by atoms with Crippen molar-refractivity contribution in [2.45, 2.75) is 18.6 Å². The number of halogens is 1. The second kappa shape index (κ2) is 5.56. The van der Waals surface area contributed by atoms with Crippen LogP contribution in [-0.4, -0.2) is 35.6 Å². The number of aliphatic hydroxyl groups excluding tert-OH is 1. The van der Waals surface area contributed by atoms with Crippen molar-refractivity contribution >= 4 is 29.1 Å². The van der Waals surface area contributed by atoms with E-state index in [1.165, 1.54) is 12.1 Å². The second-order valence-corrected chi connectivity index (χ2v) is 4.81. The lowest BCUT2D eigenvalue weighted by Crippen LogP contribution is -2.35. The van der Waals surface area contributed by atoms with E-state index in [1.807, 2.05) is 0 Å². The van der Waals surface area contributed by atoms with E-state index in [0.29, 0.717) is 18.7 Å². The zero-order chi connectivity index (χ0) is 14.0. The van der Waals surface area contributed by atoms with Crippen LogP contribution in [0.1, 0.15) is 16.8 Å². The zero-order valence-electron chi connectivity index (χ0n) is 10.0. The molecule has 2 unspecified atom stereocenters. The summed E-state index contributed by atoms with van der Waals surface area (Å²) in [5.41, 5.74) is 5.81. The molecule has 19 heavy (non-hydrogen) atoms. The normalized spacial score (nSPS) is 22.2. The Balaban J connectivity index is 2.05. The summed E-state index contributed by atoms with van der Waals surface area (Å²) in [6.45, 7) is 0.402. The number of aliphatic hydroxyl groups is 1. The third-order valence-electron chi connectivity index (χ3n) is 2.93. The number of carbonyl (C=O) groups is 2. The number of hydrogen-bond donors (Lipinski definition) is 4. The predicted molar refractivity (Wildman–Crippen MR) is 71.0 cm³/mol. The summed E-state index contributed by atoms with van der Waals surface area (Å²) in [5.74, 6) is -0.872. The Kier molecular flexibility index (Phi) is 4.04. The van der Waals surface area contributed by atoms with Gasteiger partial charge in [0.15, 0.2) is 0 Å². The Morgan fingerprint density at radius 2 is 2.21 bits per heavy atom. The summed E-state index contributed by atoms with van der Waals surface area (Å²) in [7, 11) is 0. The first-order valence-corrected chi connectivity index (χ1v) is 6.17. The monoisotopic (exact) mass is 283 g/mol. The molecule has 1 aromatic carbocycles. The number of hydrogen-bond acceptors (Lipinski definition) is 4. The van der Waals surface area contributed by atoms with E-state index in [-0.39, 0.29) is 16.5 Å². The number of amides is 2. The molecule has 1 fully saturated rings. The van der Waals surface area contributed by atoms with E-state index >= 15 is 0 Å². The molecule has 102 valence electrons. The lowest BCUT2D eigenvalue weighted by molar-refractivity contribution is -0.117. The van der Waals surface area contributed by atoms with Crippen molar-refractivity contribution < 1.29 is 14.7 Å². The van der Waals surface area contributed by atoms with Gasteiger partial charge in [-0.15, -0.1) is 0 Å². The maximum absolute atomic E-state index is 11.9. The molecule has 0 bridgehead atoms. The van der Waals surface area contributed by atoms with Gasteiger partial charge < -0.3 is 21.5 Å². The zero-order valence-corrected chi connectivity index (χ0v) is 10.8. The average molecular weight is 284 g/mol. The highest BCUT2D eigenvalue weighted by molar-refractivity contribution is 6.34. The Bertz CT molecular complexity index is 521. The molecule has 1 aliphatic heterocycles. The Morgan fingerprint density at radius 3 is 2.74 bits per heavy atom. The molecule has 1 heterocycles. The first kappa shape index (κ1) is 13.8. The highest BCUT2D eigenvalue weighted by Gasteiger charge is 2.28. The van der Waals surface area contributed by atoms with Crippen LogP contribution in [0.2, 0.25) is 5.02 Å². The van der Waals surface area contributed by atoms with E-state index < -0.39 is 18.1 Å². The standard InChI is InChI=1S/C12H14ClN3O3/c13-9-3-6(1-2-8(9)11(14)18)16-12(19)10-4-7(17)5-15-10/h1-3,7,10,15,17H,4-5H2,(H2,14,18)(H,16,19). The summed E-state index contributed by atoms with van der Waals surface area (Å²) >= 11 is 5.88. The fraction of sp³-hybridized carbons (Fsp3) is 0.333. The minimum absolute atomic E-state index is 0.185. The Labute approximate surface area is 114 Å². The van der Waals surface area contributed by atoms with Crippen molar-refractivity contribution in [2.75, 3.05) is 11.9 Å². The van der Waals surface area contributed by atoms with Crippen molar-refractivity contribution in [2.24, 2.45) is 5.73 Å². The molecule has 0 saturated carbocycles. The number of β-amino-alcohol motifs (C(OH)–C–C–N with tert-alkyl or cyclic N) is 1. The largest absolute Gasteiger partial charge is 0.392 e. The molecule has 1 aromatic rings. The molecule has 1 saturated heterocycles. The van der Waals surface area contributed by atoms with Gasteiger partial charge >= 0.3 is 0 Å². The van der Waals surface area contributed by atoms with Gasteiger partial charge in [0, 0.05) is 12.2 Å². The van der Waals surface area contributed by atoms with Crippen LogP contribution in [0.3, 0.4) is 0 Å². The van der Waals surface area contributed by atoms with Gasteiger partial charge in [0.25, 0.3) is 0 Å². The van der Waals surface area contributed by atoms with Crippen LogP contribution >= 0.6 is 11.6 Å². The quantitative estimate of drug-likeness (QED) is 0.631. The van der Waals surface area contributed by atoms with Crippen LogP contribution in [-0.2, 0) is 4.79 Å². The lowest BCUT2D eigenvalue weighted by Gasteiger charge is -2.11. The highest BCUT2D eigenvalue weighted by atomic mass is 35.5. The van der Waals surface area contributed by atoms with Crippen LogP contribution in [0.25, 0.3) is 0 Å². The summed E-state index contributed by atoms with van der Waals surface area (Å²) in [6, 6.07) is 4.04. The molecule has 0 aliphatic carbocycles. The van der Waals surface area contributed by atoms with Crippen molar-refractivity contribution in [3.63, 3.8) is 0 Å². The molecular weight excluding hydrogens is 270 g/mol. The summed E-state index contributed by atoms with van der Waals surface area (Å²) in [6.07, 6.45) is -0.129. The van der Waals surface area contributed by atoms with Crippen LogP contribution in [0.5, 0.6) is 0 Å². The van der Waals surface area contributed by atoms with Gasteiger partial charge in [-0.1, -0.05) is 11.6 Å². The Hall–Kier alpha value is -1.63. The third kappa shape index (κ3) is 3.23. The molecule has 0 spiro atoms. The van der Waals surface area contributed by atoms with E-state index in [4.69, 9.17) is 17.3 Å². The molecule has 7 heteroatoms. The van der Waals surface area contributed by atoms with Crippen molar-refractivity contribution in [1.82, 2.24) is 5.32 Å². The number of anilines is 1. The molecule has 1 aliphatic rings. The van der Waals surface area contributed by atoms with Gasteiger partial charge in [-0.2, -0.15) is 0 Å². The average Bonchev–Trinajstić information content (AvgIpc) is 2.75. The second-order valence-electron chi connectivity index (χ2n) is 4.40. The summed E-state index contributed by atoms with van der Waals surface area (Å²) in [5, 5.41) is 15.1. The van der Waals surface area contributed by atoms with E-state index in [1.54, 1.807) is 6.07 Å². The van der Waals surface area contributed by atoms with Crippen LogP contribution < -0.4 is 16.4 Å². The van der Waals surface area contributed by atoms with Gasteiger partial charge in [-0.05, 0) is 24.6 Å². The SMILES string of the molecule is NC(=O)c1ccc(NC(=O)C2CC(O)CN2)cc1Cl. The van der Waals surface area contributed by atoms with Gasteiger partial charge in [0.1, 0.15) is 0 Å². The number of nitrogens with one attached hydrogen (secondary N) is 2. The first-order chi connectivity index (χ1) is 8.97. The van der Waals surface area contributed by atoms with Gasteiger partial charge in [0.05, 0.1) is 22.7 Å². The van der Waals surface area contributed by atoms with Crippen LogP contribution in [0.15, 0.2) is 18.2 Å². The summed E-state index contributed by atoms with van der Waals surface area (Å²) < 4.78 is 0. The van der Waals surface area contributed by atoms with Crippen LogP contribution in [0.4, 0.5) is 5.69 Å². The number of primary amides is 1. The predicted octanol–water partition coefficient (Wildman–Crippen LogP) is 0.100. The number of rotatable bonds is 3. The van der Waals surface area contributed by atoms with Crippen molar-refractivity contribution in [3.8, 4) is 0 Å². The molecule has 6 nitrogen and oxygen atoms in total. The van der Waals surface area contributed by atoms with Crippen molar-refractivity contribution in [1.29, 1.82) is 0 Å². The topological polar surface area (TPSA) is 104 Å². The maximum atomic E-state index is 11.9. The maximum Gasteiger partial charge on any atom is 0.250 e. The minimum Gasteiger partial charge on any atom is -0.392 e.